The second-order valence-corrected chi connectivity index (χ2v) is 7.35. The lowest BCUT2D eigenvalue weighted by Crippen LogP contribution is -2.40. The Morgan fingerprint density at radius 2 is 1.70 bits per heavy atom. The summed E-state index contributed by atoms with van der Waals surface area (Å²) in [5, 5.41) is 12.7. The molecule has 0 spiro atoms. The van der Waals surface area contributed by atoms with Gasteiger partial charge in [-0.2, -0.15) is 0 Å². The average Bonchev–Trinajstić information content (AvgIpc) is 2.72. The zero-order chi connectivity index (χ0) is 22.1. The van der Waals surface area contributed by atoms with Crippen molar-refractivity contribution in [3.8, 4) is 5.75 Å². The third kappa shape index (κ3) is 6.93. The largest absolute Gasteiger partial charge is 0.508 e. The van der Waals surface area contributed by atoms with Crippen molar-refractivity contribution < 1.29 is 28.9 Å². The van der Waals surface area contributed by atoms with Gasteiger partial charge in [0.05, 0.1) is 6.61 Å². The molecule has 0 aliphatic rings. The Labute approximate surface area is 176 Å². The van der Waals surface area contributed by atoms with Gasteiger partial charge >= 0.3 is 12.1 Å². The number of allylic oxidation sites excluding steroid dienone is 1. The average molecular weight is 413 g/mol. The monoisotopic (exact) mass is 413 g/mol. The standard InChI is InChI=1S/C23H27NO6/c1-16(2)24-19-9-11-20(12-10-19)30-21(26)23(4,14-25)15-29-22(27)28-13-18-7-5-17(3)6-8-18/h5-12,24-25H,1,13-15H2,2-4H3. The first-order valence-corrected chi connectivity index (χ1v) is 9.43. The summed E-state index contributed by atoms with van der Waals surface area (Å²) in [6.07, 6.45) is -0.932. The number of rotatable bonds is 9. The number of benzene rings is 2. The molecule has 0 aliphatic carbocycles. The Bertz CT molecular complexity index is 876. The molecule has 0 aliphatic heterocycles. The number of aliphatic hydroxyl groups excluding tert-OH is 1. The third-order valence-corrected chi connectivity index (χ3v) is 4.25. The summed E-state index contributed by atoms with van der Waals surface area (Å²) >= 11 is 0. The number of aliphatic hydroxyl groups is 1. The highest BCUT2D eigenvalue weighted by Crippen LogP contribution is 2.23. The molecule has 160 valence electrons. The zero-order valence-electron chi connectivity index (χ0n) is 17.4. The molecule has 2 N–H and O–H groups in total. The van der Waals surface area contributed by atoms with E-state index < -0.39 is 24.1 Å². The van der Waals surface area contributed by atoms with Crippen molar-refractivity contribution in [2.24, 2.45) is 5.41 Å². The van der Waals surface area contributed by atoms with Crippen molar-refractivity contribution in [3.05, 3.63) is 71.9 Å². The van der Waals surface area contributed by atoms with Gasteiger partial charge in [0.1, 0.15) is 24.4 Å². The van der Waals surface area contributed by atoms with Crippen molar-refractivity contribution in [1.82, 2.24) is 0 Å². The second kappa shape index (κ2) is 10.5. The Hall–Kier alpha value is -3.32. The van der Waals surface area contributed by atoms with Crippen LogP contribution in [0.1, 0.15) is 25.0 Å². The van der Waals surface area contributed by atoms with Crippen LogP contribution in [0, 0.1) is 12.3 Å². The molecule has 0 saturated heterocycles. The summed E-state index contributed by atoms with van der Waals surface area (Å²) in [5.41, 5.74) is 2.05. The molecule has 2 aromatic carbocycles. The highest BCUT2D eigenvalue weighted by atomic mass is 16.7. The molecular weight excluding hydrogens is 386 g/mol. The molecule has 1 unspecified atom stereocenters. The molecule has 0 aromatic heterocycles. The number of anilines is 1. The number of esters is 1. The maximum absolute atomic E-state index is 12.5. The fourth-order valence-corrected chi connectivity index (χ4v) is 2.34. The number of carbonyl (C=O) groups is 2. The summed E-state index contributed by atoms with van der Waals surface area (Å²) in [4.78, 5) is 24.4. The molecule has 0 bridgehead atoms. The first-order chi connectivity index (χ1) is 14.2. The first-order valence-electron chi connectivity index (χ1n) is 9.43. The molecule has 0 heterocycles. The van der Waals surface area contributed by atoms with E-state index in [9.17, 15) is 14.7 Å². The van der Waals surface area contributed by atoms with Gasteiger partial charge < -0.3 is 24.6 Å². The van der Waals surface area contributed by atoms with Crippen LogP contribution >= 0.6 is 0 Å². The lowest BCUT2D eigenvalue weighted by Gasteiger charge is -2.24. The molecule has 7 heteroatoms. The van der Waals surface area contributed by atoms with Gasteiger partial charge in [-0.05, 0) is 50.6 Å². The van der Waals surface area contributed by atoms with Crippen LogP contribution in [0.2, 0.25) is 0 Å². The van der Waals surface area contributed by atoms with Gasteiger partial charge in [0, 0.05) is 11.4 Å². The SMILES string of the molecule is C=C(C)Nc1ccc(OC(=O)C(C)(CO)COC(=O)OCc2ccc(C)cc2)cc1. The number of nitrogens with one attached hydrogen (secondary N) is 1. The maximum Gasteiger partial charge on any atom is 0.508 e. The third-order valence-electron chi connectivity index (χ3n) is 4.25. The van der Waals surface area contributed by atoms with E-state index in [0.717, 1.165) is 22.5 Å². The summed E-state index contributed by atoms with van der Waals surface area (Å²) in [7, 11) is 0. The van der Waals surface area contributed by atoms with Gasteiger partial charge in [0.2, 0.25) is 0 Å². The number of hydrogen-bond acceptors (Lipinski definition) is 7. The number of aryl methyl sites for hydroxylation is 1. The van der Waals surface area contributed by atoms with Gasteiger partial charge in [-0.25, -0.2) is 4.79 Å². The first kappa shape index (κ1) is 23.0. The molecule has 2 rings (SSSR count). The van der Waals surface area contributed by atoms with Crippen molar-refractivity contribution in [3.63, 3.8) is 0 Å². The van der Waals surface area contributed by atoms with Crippen molar-refractivity contribution in [1.29, 1.82) is 0 Å². The fourth-order valence-electron chi connectivity index (χ4n) is 2.34. The molecule has 30 heavy (non-hydrogen) atoms. The Morgan fingerprint density at radius 1 is 1.07 bits per heavy atom. The van der Waals surface area contributed by atoms with Crippen molar-refractivity contribution >= 4 is 17.8 Å². The maximum atomic E-state index is 12.5. The second-order valence-electron chi connectivity index (χ2n) is 7.35. The minimum absolute atomic E-state index is 0.0456. The number of ether oxygens (including phenoxy) is 3. The van der Waals surface area contributed by atoms with Crippen LogP contribution in [0.3, 0.4) is 0 Å². The number of hydrogen-bond donors (Lipinski definition) is 2. The normalized spacial score (nSPS) is 12.4. The summed E-state index contributed by atoms with van der Waals surface area (Å²) in [6.45, 7) is 8.08. The lowest BCUT2D eigenvalue weighted by atomic mass is 9.93. The summed E-state index contributed by atoms with van der Waals surface area (Å²) in [5.74, 6) is -0.425. The Morgan fingerprint density at radius 3 is 2.27 bits per heavy atom. The lowest BCUT2D eigenvalue weighted by molar-refractivity contribution is -0.150. The van der Waals surface area contributed by atoms with Crippen LogP contribution < -0.4 is 10.1 Å². The predicted octanol–water partition coefficient (Wildman–Crippen LogP) is 4.20. The highest BCUT2D eigenvalue weighted by molar-refractivity contribution is 5.79. The Kier molecular flexibility index (Phi) is 8.00. The molecule has 0 radical (unpaired) electrons. The van der Waals surface area contributed by atoms with Gasteiger partial charge in [-0.15, -0.1) is 0 Å². The summed E-state index contributed by atoms with van der Waals surface area (Å²) < 4.78 is 15.4. The molecule has 0 amide bonds. The van der Waals surface area contributed by atoms with E-state index in [2.05, 4.69) is 11.9 Å². The van der Waals surface area contributed by atoms with E-state index in [1.165, 1.54) is 6.92 Å². The van der Waals surface area contributed by atoms with Crippen molar-refractivity contribution in [2.45, 2.75) is 27.4 Å². The highest BCUT2D eigenvalue weighted by Gasteiger charge is 2.37. The van der Waals surface area contributed by atoms with Crippen LogP contribution in [0.4, 0.5) is 10.5 Å². The topological polar surface area (TPSA) is 94.1 Å². The minimum Gasteiger partial charge on any atom is -0.433 e. The fraction of sp³-hybridized carbons (Fsp3) is 0.304. The van der Waals surface area contributed by atoms with Crippen LogP contribution in [0.5, 0.6) is 5.75 Å². The van der Waals surface area contributed by atoms with Gasteiger partial charge in [-0.3, -0.25) is 4.79 Å². The smallest absolute Gasteiger partial charge is 0.433 e. The summed E-state index contributed by atoms with van der Waals surface area (Å²) in [6, 6.07) is 14.2. The van der Waals surface area contributed by atoms with Crippen LogP contribution in [-0.4, -0.2) is 30.4 Å². The van der Waals surface area contributed by atoms with E-state index in [1.54, 1.807) is 24.3 Å². The molecule has 7 nitrogen and oxygen atoms in total. The van der Waals surface area contributed by atoms with E-state index in [1.807, 2.05) is 38.1 Å². The zero-order valence-corrected chi connectivity index (χ0v) is 17.4. The van der Waals surface area contributed by atoms with Crippen LogP contribution in [0.25, 0.3) is 0 Å². The minimum atomic E-state index is -1.43. The van der Waals surface area contributed by atoms with E-state index >= 15 is 0 Å². The Balaban J connectivity index is 1.87. The van der Waals surface area contributed by atoms with E-state index in [0.29, 0.717) is 5.75 Å². The molecule has 2 aromatic rings. The van der Waals surface area contributed by atoms with Gasteiger partial charge in [0.25, 0.3) is 0 Å². The molecule has 0 fully saturated rings. The van der Waals surface area contributed by atoms with E-state index in [4.69, 9.17) is 14.2 Å². The molecule has 0 saturated carbocycles. The number of carbonyl (C=O) groups excluding carboxylic acids is 2. The quantitative estimate of drug-likeness (QED) is 0.470. The predicted molar refractivity (Wildman–Crippen MR) is 113 cm³/mol. The van der Waals surface area contributed by atoms with Crippen LogP contribution in [0.15, 0.2) is 60.8 Å². The van der Waals surface area contributed by atoms with E-state index in [-0.39, 0.29) is 13.2 Å². The molecular formula is C23H27NO6. The van der Waals surface area contributed by atoms with Gasteiger partial charge in [-0.1, -0.05) is 36.4 Å². The van der Waals surface area contributed by atoms with Crippen LogP contribution in [-0.2, 0) is 20.9 Å². The van der Waals surface area contributed by atoms with Gasteiger partial charge in [0.15, 0.2) is 0 Å². The molecule has 1 atom stereocenters. The van der Waals surface area contributed by atoms with Crippen molar-refractivity contribution in [2.75, 3.05) is 18.5 Å².